The van der Waals surface area contributed by atoms with Crippen molar-refractivity contribution >= 4 is 5.91 Å². The standard InChI is InChI=1S/C20H28N4O/c1-23-8-5-17-15(13-23)12-21-18(22-17)14-3-9-24(10-4-14)19(25)16-11-20(16)6-2-7-20/h12,14,16H,2-11,13H2,1H3/t16-/m0/s1. The van der Waals surface area contributed by atoms with Gasteiger partial charge in [0.25, 0.3) is 0 Å². The topological polar surface area (TPSA) is 49.3 Å². The van der Waals surface area contributed by atoms with Gasteiger partial charge in [-0.05, 0) is 44.6 Å². The normalized spacial score (nSPS) is 28.5. The van der Waals surface area contributed by atoms with Gasteiger partial charge in [0.05, 0.1) is 0 Å². The van der Waals surface area contributed by atoms with Crippen molar-refractivity contribution in [2.45, 2.75) is 57.4 Å². The molecule has 0 radical (unpaired) electrons. The van der Waals surface area contributed by atoms with Crippen LogP contribution in [0.15, 0.2) is 6.20 Å². The highest BCUT2D eigenvalue weighted by Crippen LogP contribution is 2.66. The number of carbonyl (C=O) groups excluding carboxylic acids is 1. The molecule has 3 heterocycles. The lowest BCUT2D eigenvalue weighted by molar-refractivity contribution is -0.135. The van der Waals surface area contributed by atoms with Crippen LogP contribution in [0.5, 0.6) is 0 Å². The highest BCUT2D eigenvalue weighted by molar-refractivity contribution is 5.83. The molecular formula is C20H28N4O. The second-order valence-electron chi connectivity index (χ2n) is 8.76. The molecule has 1 aromatic heterocycles. The zero-order valence-corrected chi connectivity index (χ0v) is 15.2. The molecule has 1 atom stereocenters. The first kappa shape index (κ1) is 15.7. The maximum atomic E-state index is 12.7. The molecule has 25 heavy (non-hydrogen) atoms. The van der Waals surface area contributed by atoms with Gasteiger partial charge < -0.3 is 9.80 Å². The van der Waals surface area contributed by atoms with E-state index in [2.05, 4.69) is 21.8 Å². The third kappa shape index (κ3) is 2.67. The van der Waals surface area contributed by atoms with Crippen molar-refractivity contribution in [1.29, 1.82) is 0 Å². The van der Waals surface area contributed by atoms with Crippen LogP contribution in [0.2, 0.25) is 0 Å². The lowest BCUT2D eigenvalue weighted by Crippen LogP contribution is -2.40. The molecule has 5 heteroatoms. The monoisotopic (exact) mass is 340 g/mol. The predicted molar refractivity (Wildman–Crippen MR) is 95.0 cm³/mol. The van der Waals surface area contributed by atoms with E-state index in [0.717, 1.165) is 57.7 Å². The molecule has 0 N–H and O–H groups in total. The van der Waals surface area contributed by atoms with Crippen molar-refractivity contribution in [1.82, 2.24) is 19.8 Å². The average molecular weight is 340 g/mol. The average Bonchev–Trinajstić information content (AvgIpc) is 3.37. The first-order valence-electron chi connectivity index (χ1n) is 9.97. The molecule has 0 aromatic carbocycles. The van der Waals surface area contributed by atoms with Crippen molar-refractivity contribution in [3.8, 4) is 0 Å². The van der Waals surface area contributed by atoms with Crippen molar-refractivity contribution in [2.75, 3.05) is 26.7 Å². The number of fused-ring (bicyclic) bond motifs is 1. The molecule has 3 fully saturated rings. The van der Waals surface area contributed by atoms with Gasteiger partial charge >= 0.3 is 0 Å². The van der Waals surface area contributed by atoms with Crippen LogP contribution < -0.4 is 0 Å². The van der Waals surface area contributed by atoms with E-state index in [4.69, 9.17) is 4.98 Å². The minimum absolute atomic E-state index is 0.356. The third-order valence-electron chi connectivity index (χ3n) is 7.15. The molecule has 2 aliphatic heterocycles. The van der Waals surface area contributed by atoms with Gasteiger partial charge in [0, 0.05) is 61.9 Å². The van der Waals surface area contributed by atoms with E-state index in [9.17, 15) is 4.79 Å². The van der Waals surface area contributed by atoms with Gasteiger partial charge in [-0.3, -0.25) is 4.79 Å². The molecule has 2 aliphatic carbocycles. The maximum absolute atomic E-state index is 12.7. The van der Waals surface area contributed by atoms with E-state index >= 15 is 0 Å². The third-order valence-corrected chi connectivity index (χ3v) is 7.15. The Morgan fingerprint density at radius 2 is 2.04 bits per heavy atom. The number of likely N-dealkylation sites (tertiary alicyclic amines) is 1. The van der Waals surface area contributed by atoms with Crippen LogP contribution >= 0.6 is 0 Å². The summed E-state index contributed by atoms with van der Waals surface area (Å²) in [5.41, 5.74) is 2.97. The van der Waals surface area contributed by atoms with Crippen LogP contribution in [0, 0.1) is 11.3 Å². The Kier molecular flexibility index (Phi) is 3.63. The molecule has 1 aromatic rings. The fourth-order valence-electron chi connectivity index (χ4n) is 5.13. The van der Waals surface area contributed by atoms with Crippen LogP contribution in [0.25, 0.3) is 0 Å². The number of hydrogen-bond acceptors (Lipinski definition) is 4. The summed E-state index contributed by atoms with van der Waals surface area (Å²) >= 11 is 0. The Hall–Kier alpha value is -1.49. The molecule has 0 unspecified atom stereocenters. The zero-order valence-electron chi connectivity index (χ0n) is 15.2. The second kappa shape index (κ2) is 5.76. The summed E-state index contributed by atoms with van der Waals surface area (Å²) in [4.78, 5) is 26.7. The quantitative estimate of drug-likeness (QED) is 0.829. The highest BCUT2D eigenvalue weighted by Gasteiger charge is 2.61. The molecule has 5 nitrogen and oxygen atoms in total. The van der Waals surface area contributed by atoms with Crippen molar-refractivity contribution < 1.29 is 4.79 Å². The lowest BCUT2D eigenvalue weighted by Gasteiger charge is -2.34. The van der Waals surface area contributed by atoms with Crippen molar-refractivity contribution in [3.05, 3.63) is 23.3 Å². The summed E-state index contributed by atoms with van der Waals surface area (Å²) in [7, 11) is 2.15. The molecule has 5 rings (SSSR count). The van der Waals surface area contributed by atoms with Gasteiger partial charge in [-0.1, -0.05) is 6.42 Å². The number of piperidine rings is 1. The Labute approximate surface area is 149 Å². The molecule has 134 valence electrons. The first-order chi connectivity index (χ1) is 12.1. The smallest absolute Gasteiger partial charge is 0.226 e. The summed E-state index contributed by atoms with van der Waals surface area (Å²) in [5.74, 6) is 2.23. The largest absolute Gasteiger partial charge is 0.342 e. The molecule has 2 saturated carbocycles. The summed E-state index contributed by atoms with van der Waals surface area (Å²) in [6.45, 7) is 3.82. The fraction of sp³-hybridized carbons (Fsp3) is 0.750. The van der Waals surface area contributed by atoms with Crippen LogP contribution in [0.3, 0.4) is 0 Å². The van der Waals surface area contributed by atoms with Crippen LogP contribution in [-0.2, 0) is 17.8 Å². The number of carbonyl (C=O) groups is 1. The first-order valence-corrected chi connectivity index (χ1v) is 9.97. The summed E-state index contributed by atoms with van der Waals surface area (Å²) in [6, 6.07) is 0. The van der Waals surface area contributed by atoms with E-state index in [1.807, 2.05) is 6.20 Å². The highest BCUT2D eigenvalue weighted by atomic mass is 16.2. The molecule has 1 spiro atoms. The van der Waals surface area contributed by atoms with Crippen LogP contribution in [0.4, 0.5) is 0 Å². The van der Waals surface area contributed by atoms with E-state index in [-0.39, 0.29) is 0 Å². The van der Waals surface area contributed by atoms with Gasteiger partial charge in [0.1, 0.15) is 5.82 Å². The van der Waals surface area contributed by atoms with E-state index in [1.54, 1.807) is 0 Å². The SMILES string of the molecule is CN1CCc2nc(C3CCN(C(=O)[C@@H]4CC45CCC5)CC3)ncc2C1. The number of likely N-dealkylation sites (N-methyl/N-ethyl adjacent to an activating group) is 1. The summed E-state index contributed by atoms with van der Waals surface area (Å²) in [5, 5.41) is 0. The van der Waals surface area contributed by atoms with Gasteiger partial charge in [-0.15, -0.1) is 0 Å². The second-order valence-corrected chi connectivity index (χ2v) is 8.76. The van der Waals surface area contributed by atoms with Gasteiger partial charge in [-0.25, -0.2) is 9.97 Å². The Balaban J connectivity index is 1.21. The number of hydrogen-bond donors (Lipinski definition) is 0. The molecule has 1 saturated heterocycles. The van der Waals surface area contributed by atoms with E-state index < -0.39 is 0 Å². The molecule has 1 amide bonds. The number of nitrogens with zero attached hydrogens (tertiary/aromatic N) is 4. The number of rotatable bonds is 2. The minimum Gasteiger partial charge on any atom is -0.342 e. The van der Waals surface area contributed by atoms with Crippen molar-refractivity contribution in [3.63, 3.8) is 0 Å². The van der Waals surface area contributed by atoms with E-state index in [0.29, 0.717) is 23.2 Å². The predicted octanol–water partition coefficient (Wildman–Crippen LogP) is 2.36. The summed E-state index contributed by atoms with van der Waals surface area (Å²) in [6.07, 6.45) is 10.2. The lowest BCUT2D eigenvalue weighted by atomic mass is 9.79. The molecular weight excluding hydrogens is 312 g/mol. The Morgan fingerprint density at radius 1 is 1.24 bits per heavy atom. The molecule has 4 aliphatic rings. The maximum Gasteiger partial charge on any atom is 0.226 e. The van der Waals surface area contributed by atoms with Crippen molar-refractivity contribution in [2.24, 2.45) is 11.3 Å². The van der Waals surface area contributed by atoms with Gasteiger partial charge in [-0.2, -0.15) is 0 Å². The Bertz CT molecular complexity index is 691. The summed E-state index contributed by atoms with van der Waals surface area (Å²) < 4.78 is 0. The fourth-order valence-corrected chi connectivity index (χ4v) is 5.13. The number of aromatic nitrogens is 2. The van der Waals surface area contributed by atoms with Gasteiger partial charge in [0.2, 0.25) is 5.91 Å². The van der Waals surface area contributed by atoms with E-state index in [1.165, 1.54) is 30.5 Å². The zero-order chi connectivity index (χ0) is 17.0. The minimum atomic E-state index is 0.356. The number of amides is 1. The van der Waals surface area contributed by atoms with Crippen LogP contribution in [-0.4, -0.2) is 52.4 Å². The molecule has 0 bridgehead atoms. The van der Waals surface area contributed by atoms with Gasteiger partial charge in [0.15, 0.2) is 0 Å². The van der Waals surface area contributed by atoms with Crippen LogP contribution in [0.1, 0.15) is 61.5 Å². The Morgan fingerprint density at radius 3 is 2.72 bits per heavy atom.